The third kappa shape index (κ3) is 8.50. The normalized spacial score (nSPS) is 11.2. The molecule has 4 aromatic rings. The second-order valence-corrected chi connectivity index (χ2v) is 8.71. The maximum atomic E-state index is 12.1. The van der Waals surface area contributed by atoms with Gasteiger partial charge in [-0.2, -0.15) is 0 Å². The Hall–Kier alpha value is -4.07. The molecule has 7 nitrogen and oxygen atoms in total. The first-order valence-electron chi connectivity index (χ1n) is 11.8. The van der Waals surface area contributed by atoms with Crippen molar-refractivity contribution in [1.82, 2.24) is 5.32 Å². The van der Waals surface area contributed by atoms with Crippen LogP contribution in [0.2, 0.25) is 10.0 Å². The molecule has 0 saturated heterocycles. The molecule has 9 heteroatoms. The lowest BCUT2D eigenvalue weighted by atomic mass is 10.3. The fraction of sp³-hybridized carbons (Fsp3) is 0.138. The van der Waals surface area contributed by atoms with Crippen molar-refractivity contribution in [3.63, 3.8) is 0 Å². The van der Waals surface area contributed by atoms with Crippen LogP contribution in [0.5, 0.6) is 34.5 Å². The van der Waals surface area contributed by atoms with Gasteiger partial charge in [0.2, 0.25) is 6.23 Å². The molecule has 0 spiro atoms. The zero-order valence-corrected chi connectivity index (χ0v) is 21.9. The van der Waals surface area contributed by atoms with E-state index >= 15 is 0 Å². The maximum absolute atomic E-state index is 12.1. The van der Waals surface area contributed by atoms with E-state index in [1.54, 1.807) is 104 Å². The lowest BCUT2D eigenvalue weighted by Gasteiger charge is -2.21. The smallest absolute Gasteiger partial charge is 0.410 e. The minimum atomic E-state index is -0.818. The highest BCUT2D eigenvalue weighted by Crippen LogP contribution is 2.27. The molecule has 1 atom stereocenters. The van der Waals surface area contributed by atoms with E-state index in [-0.39, 0.29) is 13.2 Å². The van der Waals surface area contributed by atoms with Crippen molar-refractivity contribution < 1.29 is 28.5 Å². The molecular formula is C29H25Cl2NO6. The second kappa shape index (κ2) is 13.5. The van der Waals surface area contributed by atoms with Crippen molar-refractivity contribution in [2.75, 3.05) is 13.2 Å². The van der Waals surface area contributed by atoms with E-state index in [1.807, 2.05) is 0 Å². The van der Waals surface area contributed by atoms with Gasteiger partial charge >= 0.3 is 6.09 Å². The third-order valence-electron chi connectivity index (χ3n) is 4.98. The van der Waals surface area contributed by atoms with Gasteiger partial charge in [0.15, 0.2) is 0 Å². The van der Waals surface area contributed by atoms with Crippen molar-refractivity contribution >= 4 is 29.3 Å². The first-order valence-corrected chi connectivity index (χ1v) is 12.5. The van der Waals surface area contributed by atoms with E-state index in [0.717, 1.165) is 0 Å². The van der Waals surface area contributed by atoms with Crippen LogP contribution in [0.4, 0.5) is 4.79 Å². The highest BCUT2D eigenvalue weighted by atomic mass is 35.5. The van der Waals surface area contributed by atoms with Crippen molar-refractivity contribution in [2.45, 2.75) is 13.2 Å². The number of nitrogens with one attached hydrogen (secondary N) is 1. The zero-order valence-electron chi connectivity index (χ0n) is 20.4. The number of hydrogen-bond acceptors (Lipinski definition) is 6. The van der Waals surface area contributed by atoms with Crippen LogP contribution in [-0.2, 0) is 4.74 Å². The van der Waals surface area contributed by atoms with Crippen LogP contribution in [-0.4, -0.2) is 25.5 Å². The number of hydrogen-bond donors (Lipinski definition) is 1. The minimum Gasteiger partial charge on any atom is -0.488 e. The van der Waals surface area contributed by atoms with Gasteiger partial charge in [0.1, 0.15) is 41.1 Å². The van der Waals surface area contributed by atoms with Crippen molar-refractivity contribution in [1.29, 1.82) is 0 Å². The van der Waals surface area contributed by atoms with E-state index in [4.69, 9.17) is 46.9 Å². The number of carbonyl (C=O) groups is 1. The lowest BCUT2D eigenvalue weighted by molar-refractivity contribution is 0.0825. The summed E-state index contributed by atoms with van der Waals surface area (Å²) < 4.78 is 28.4. The van der Waals surface area contributed by atoms with E-state index in [1.165, 1.54) is 0 Å². The van der Waals surface area contributed by atoms with E-state index < -0.39 is 12.3 Å². The Bertz CT molecular complexity index is 1300. The fourth-order valence-electron chi connectivity index (χ4n) is 3.21. The molecule has 0 aliphatic carbocycles. The van der Waals surface area contributed by atoms with Gasteiger partial charge < -0.3 is 23.7 Å². The Morgan fingerprint density at radius 1 is 0.658 bits per heavy atom. The number of carbonyl (C=O) groups excluding carboxylic acids is 1. The average molecular weight is 554 g/mol. The molecule has 4 rings (SSSR count). The monoisotopic (exact) mass is 553 g/mol. The van der Waals surface area contributed by atoms with Gasteiger partial charge in [0.05, 0.1) is 6.61 Å². The highest BCUT2D eigenvalue weighted by Gasteiger charge is 2.16. The number of benzene rings is 4. The summed E-state index contributed by atoms with van der Waals surface area (Å²) in [6.45, 7) is 1.98. The van der Waals surface area contributed by atoms with Crippen LogP contribution < -0.4 is 24.3 Å². The second-order valence-electron chi connectivity index (χ2n) is 7.84. The first-order chi connectivity index (χ1) is 18.5. The molecule has 0 aliphatic rings. The van der Waals surface area contributed by atoms with Crippen LogP contribution in [0.15, 0.2) is 97.1 Å². The van der Waals surface area contributed by atoms with Gasteiger partial charge in [-0.3, -0.25) is 5.32 Å². The molecular weight excluding hydrogens is 529 g/mol. The molecule has 38 heavy (non-hydrogen) atoms. The summed E-state index contributed by atoms with van der Waals surface area (Å²) >= 11 is 11.8. The standard InChI is InChI=1S/C29H25Cl2NO6/c1-2-34-29(33)32-28(38-27-17-15-26(16-18-27)37-24-9-5-21(31)6-10-24)19-35-22-11-13-25(14-12-22)36-23-7-3-20(30)4-8-23/h3-18,28H,2,19H2,1H3,(H,32,33). The fourth-order valence-corrected chi connectivity index (χ4v) is 3.47. The predicted octanol–water partition coefficient (Wildman–Crippen LogP) is 8.11. The summed E-state index contributed by atoms with van der Waals surface area (Å²) in [5.41, 5.74) is 0. The van der Waals surface area contributed by atoms with Crippen LogP contribution in [0.1, 0.15) is 6.92 Å². The van der Waals surface area contributed by atoms with Gasteiger partial charge in [-0.1, -0.05) is 23.2 Å². The first kappa shape index (κ1) is 27.0. The highest BCUT2D eigenvalue weighted by molar-refractivity contribution is 6.30. The van der Waals surface area contributed by atoms with Gasteiger partial charge in [-0.25, -0.2) is 4.79 Å². The quantitative estimate of drug-likeness (QED) is 0.189. The summed E-state index contributed by atoms with van der Waals surface area (Å²) in [5, 5.41) is 3.92. The molecule has 0 aromatic heterocycles. The minimum absolute atomic E-state index is 0.0270. The Kier molecular flexibility index (Phi) is 9.56. The topological polar surface area (TPSA) is 75.3 Å². The summed E-state index contributed by atoms with van der Waals surface area (Å²) in [7, 11) is 0. The molecule has 196 valence electrons. The van der Waals surface area contributed by atoms with Crippen molar-refractivity contribution in [3.05, 3.63) is 107 Å². The Balaban J connectivity index is 1.35. The maximum Gasteiger partial charge on any atom is 0.410 e. The Morgan fingerprint density at radius 3 is 1.50 bits per heavy atom. The molecule has 4 aromatic carbocycles. The molecule has 1 amide bonds. The van der Waals surface area contributed by atoms with E-state index in [0.29, 0.717) is 44.5 Å². The largest absolute Gasteiger partial charge is 0.488 e. The van der Waals surface area contributed by atoms with Gasteiger partial charge in [0.25, 0.3) is 0 Å². The molecule has 0 radical (unpaired) electrons. The number of amides is 1. The van der Waals surface area contributed by atoms with Gasteiger partial charge in [-0.15, -0.1) is 0 Å². The number of rotatable bonds is 11. The lowest BCUT2D eigenvalue weighted by Crippen LogP contribution is -2.43. The molecule has 1 unspecified atom stereocenters. The van der Waals surface area contributed by atoms with Crippen molar-refractivity contribution in [3.8, 4) is 34.5 Å². The summed E-state index contributed by atoms with van der Waals surface area (Å²) in [4.78, 5) is 12.1. The third-order valence-corrected chi connectivity index (χ3v) is 5.48. The number of ether oxygens (including phenoxy) is 5. The number of halogens is 2. The Morgan fingerprint density at radius 2 is 1.05 bits per heavy atom. The van der Waals surface area contributed by atoms with Crippen LogP contribution in [0.3, 0.4) is 0 Å². The molecule has 0 fully saturated rings. The summed E-state index contributed by atoms with van der Waals surface area (Å²) in [6.07, 6.45) is -1.43. The van der Waals surface area contributed by atoms with Crippen LogP contribution in [0.25, 0.3) is 0 Å². The molecule has 0 saturated carbocycles. The SMILES string of the molecule is CCOC(=O)NC(COc1ccc(Oc2ccc(Cl)cc2)cc1)Oc1ccc(Oc2ccc(Cl)cc2)cc1. The van der Waals surface area contributed by atoms with Crippen molar-refractivity contribution in [2.24, 2.45) is 0 Å². The molecule has 1 N–H and O–H groups in total. The Labute approximate surface area is 230 Å². The zero-order chi connectivity index (χ0) is 26.7. The molecule has 0 bridgehead atoms. The summed E-state index contributed by atoms with van der Waals surface area (Å²) in [6, 6.07) is 28.2. The predicted molar refractivity (Wildman–Crippen MR) is 146 cm³/mol. The molecule has 0 heterocycles. The van der Waals surface area contributed by atoms with E-state index in [2.05, 4.69) is 5.32 Å². The number of alkyl carbamates (subject to hydrolysis) is 1. The summed E-state index contributed by atoms with van der Waals surface area (Å²) in [5.74, 6) is 3.65. The van der Waals surface area contributed by atoms with Gasteiger partial charge in [-0.05, 0) is 104 Å². The molecule has 0 aliphatic heterocycles. The van der Waals surface area contributed by atoms with E-state index in [9.17, 15) is 4.79 Å². The van der Waals surface area contributed by atoms with Gasteiger partial charge in [0, 0.05) is 10.0 Å². The van der Waals surface area contributed by atoms with Crippen LogP contribution >= 0.6 is 23.2 Å². The van der Waals surface area contributed by atoms with Crippen LogP contribution in [0, 0.1) is 0 Å². The average Bonchev–Trinajstić information content (AvgIpc) is 2.92.